The van der Waals surface area contributed by atoms with E-state index in [-0.39, 0.29) is 5.78 Å². The van der Waals surface area contributed by atoms with Gasteiger partial charge in [0.15, 0.2) is 5.78 Å². The number of hydrogen-bond acceptors (Lipinski definition) is 3. The number of carbonyl (C=O) groups is 1. The van der Waals surface area contributed by atoms with Gasteiger partial charge in [0, 0.05) is 11.6 Å². The van der Waals surface area contributed by atoms with Gasteiger partial charge >= 0.3 is 0 Å². The quantitative estimate of drug-likeness (QED) is 0.723. The molecule has 0 atom stereocenters. The largest absolute Gasteiger partial charge is 0.490 e. The molecule has 1 rings (SSSR count). The van der Waals surface area contributed by atoms with Gasteiger partial charge in [-0.05, 0) is 31.4 Å². The van der Waals surface area contributed by atoms with Crippen LogP contribution in [0.4, 0.5) is 0 Å². The van der Waals surface area contributed by atoms with Gasteiger partial charge in [-0.15, -0.1) is 0 Å². The SMILES string of the molecule is COCCOC1=C(Br)CCC(C(C)=O)=C1. The molecule has 0 bridgehead atoms. The van der Waals surface area contributed by atoms with Gasteiger partial charge in [0.25, 0.3) is 0 Å². The smallest absolute Gasteiger partial charge is 0.155 e. The Hall–Kier alpha value is -0.610. The Morgan fingerprint density at radius 3 is 2.80 bits per heavy atom. The number of ketones is 1. The first kappa shape index (κ1) is 12.5. The highest BCUT2D eigenvalue weighted by Gasteiger charge is 2.15. The van der Waals surface area contributed by atoms with Crippen molar-refractivity contribution in [3.63, 3.8) is 0 Å². The average Bonchev–Trinajstić information content (AvgIpc) is 2.20. The summed E-state index contributed by atoms with van der Waals surface area (Å²) in [6.45, 7) is 2.63. The Kier molecular flexibility index (Phi) is 5.05. The molecule has 0 amide bonds. The van der Waals surface area contributed by atoms with E-state index in [4.69, 9.17) is 9.47 Å². The summed E-state index contributed by atoms with van der Waals surface area (Å²) in [5.41, 5.74) is 0.825. The van der Waals surface area contributed by atoms with Crippen LogP contribution in [0.3, 0.4) is 0 Å². The molecule has 0 fully saturated rings. The maximum atomic E-state index is 11.2. The zero-order valence-corrected chi connectivity index (χ0v) is 10.6. The van der Waals surface area contributed by atoms with Crippen molar-refractivity contribution in [1.29, 1.82) is 0 Å². The lowest BCUT2D eigenvalue weighted by Gasteiger charge is -2.16. The van der Waals surface area contributed by atoms with Crippen molar-refractivity contribution in [2.75, 3.05) is 20.3 Å². The fraction of sp³-hybridized carbons (Fsp3) is 0.545. The molecule has 15 heavy (non-hydrogen) atoms. The fourth-order valence-corrected chi connectivity index (χ4v) is 1.74. The Morgan fingerprint density at radius 2 is 2.20 bits per heavy atom. The molecular formula is C11H15BrO3. The van der Waals surface area contributed by atoms with Crippen LogP contribution in [0.5, 0.6) is 0 Å². The average molecular weight is 275 g/mol. The number of carbonyl (C=O) groups excluding carboxylic acids is 1. The van der Waals surface area contributed by atoms with Gasteiger partial charge < -0.3 is 9.47 Å². The molecule has 0 heterocycles. The van der Waals surface area contributed by atoms with E-state index in [0.717, 1.165) is 28.7 Å². The van der Waals surface area contributed by atoms with E-state index in [1.165, 1.54) is 0 Å². The molecule has 0 aromatic heterocycles. The van der Waals surface area contributed by atoms with Crippen LogP contribution in [0.15, 0.2) is 21.9 Å². The van der Waals surface area contributed by atoms with E-state index < -0.39 is 0 Å². The summed E-state index contributed by atoms with van der Waals surface area (Å²) in [4.78, 5) is 11.2. The molecule has 0 N–H and O–H groups in total. The van der Waals surface area contributed by atoms with Gasteiger partial charge in [0.05, 0.1) is 6.61 Å². The summed E-state index contributed by atoms with van der Waals surface area (Å²) in [6, 6.07) is 0. The number of methoxy groups -OCH3 is 1. The summed E-state index contributed by atoms with van der Waals surface area (Å²) in [5, 5.41) is 0. The number of hydrogen-bond donors (Lipinski definition) is 0. The second-order valence-electron chi connectivity index (χ2n) is 3.34. The molecule has 0 radical (unpaired) electrons. The minimum absolute atomic E-state index is 0.114. The van der Waals surface area contributed by atoms with Crippen LogP contribution in [0.1, 0.15) is 19.8 Å². The zero-order valence-electron chi connectivity index (χ0n) is 9.01. The summed E-state index contributed by atoms with van der Waals surface area (Å²) in [6.07, 6.45) is 3.42. The van der Waals surface area contributed by atoms with E-state index in [1.807, 2.05) is 6.08 Å². The maximum absolute atomic E-state index is 11.2. The molecule has 0 aromatic rings. The highest BCUT2D eigenvalue weighted by atomic mass is 79.9. The molecule has 0 unspecified atom stereocenters. The Morgan fingerprint density at radius 1 is 1.47 bits per heavy atom. The molecule has 0 aromatic carbocycles. The highest BCUT2D eigenvalue weighted by Crippen LogP contribution is 2.28. The lowest BCUT2D eigenvalue weighted by molar-refractivity contribution is -0.113. The van der Waals surface area contributed by atoms with Crippen LogP contribution in [0, 0.1) is 0 Å². The maximum Gasteiger partial charge on any atom is 0.155 e. The highest BCUT2D eigenvalue weighted by molar-refractivity contribution is 9.11. The fourth-order valence-electron chi connectivity index (χ4n) is 1.31. The molecule has 1 aliphatic carbocycles. The topological polar surface area (TPSA) is 35.5 Å². The van der Waals surface area contributed by atoms with Crippen molar-refractivity contribution in [3.05, 3.63) is 21.9 Å². The normalized spacial score (nSPS) is 16.3. The van der Waals surface area contributed by atoms with Crippen LogP contribution >= 0.6 is 15.9 Å². The van der Waals surface area contributed by atoms with Crippen molar-refractivity contribution < 1.29 is 14.3 Å². The van der Waals surface area contributed by atoms with Crippen LogP contribution in [0.25, 0.3) is 0 Å². The molecule has 0 aliphatic heterocycles. The monoisotopic (exact) mass is 274 g/mol. The first-order valence-corrected chi connectivity index (χ1v) is 5.66. The first-order chi connectivity index (χ1) is 7.15. The molecule has 0 saturated heterocycles. The van der Waals surface area contributed by atoms with E-state index in [1.54, 1.807) is 14.0 Å². The number of halogens is 1. The zero-order chi connectivity index (χ0) is 11.3. The van der Waals surface area contributed by atoms with Gasteiger partial charge in [-0.2, -0.15) is 0 Å². The molecule has 84 valence electrons. The standard InChI is InChI=1S/C11H15BrO3/c1-8(13)9-3-4-10(12)11(7-9)15-6-5-14-2/h7H,3-6H2,1-2H3. The van der Waals surface area contributed by atoms with Gasteiger partial charge in [0.1, 0.15) is 12.4 Å². The Bertz CT molecular complexity index is 305. The molecular weight excluding hydrogens is 260 g/mol. The van der Waals surface area contributed by atoms with Crippen LogP contribution in [-0.4, -0.2) is 26.1 Å². The van der Waals surface area contributed by atoms with E-state index >= 15 is 0 Å². The van der Waals surface area contributed by atoms with Gasteiger partial charge in [0.2, 0.25) is 0 Å². The second-order valence-corrected chi connectivity index (χ2v) is 4.29. The minimum atomic E-state index is 0.114. The summed E-state index contributed by atoms with van der Waals surface area (Å²) < 4.78 is 11.4. The van der Waals surface area contributed by atoms with Crippen molar-refractivity contribution in [1.82, 2.24) is 0 Å². The summed E-state index contributed by atoms with van der Waals surface area (Å²) in [5.74, 6) is 0.867. The van der Waals surface area contributed by atoms with Gasteiger partial charge in [-0.3, -0.25) is 4.79 Å². The van der Waals surface area contributed by atoms with Crippen LogP contribution in [-0.2, 0) is 14.3 Å². The van der Waals surface area contributed by atoms with Crippen molar-refractivity contribution in [2.45, 2.75) is 19.8 Å². The number of ether oxygens (including phenoxy) is 2. The van der Waals surface area contributed by atoms with Crippen LogP contribution < -0.4 is 0 Å². The predicted octanol–water partition coefficient (Wildman–Crippen LogP) is 2.57. The molecule has 1 aliphatic rings. The summed E-state index contributed by atoms with van der Waals surface area (Å²) >= 11 is 3.44. The summed E-state index contributed by atoms with van der Waals surface area (Å²) in [7, 11) is 1.63. The van der Waals surface area contributed by atoms with Crippen LogP contribution in [0.2, 0.25) is 0 Å². The molecule has 3 nitrogen and oxygen atoms in total. The number of allylic oxidation sites excluding steroid dienone is 3. The number of rotatable bonds is 5. The van der Waals surface area contributed by atoms with Gasteiger partial charge in [-0.25, -0.2) is 0 Å². The van der Waals surface area contributed by atoms with Gasteiger partial charge in [-0.1, -0.05) is 15.9 Å². The number of Topliss-reactive ketones (excluding diaryl/α,β-unsaturated/α-hetero) is 1. The Balaban J connectivity index is 2.63. The molecule has 0 spiro atoms. The third-order valence-corrected chi connectivity index (χ3v) is 2.97. The first-order valence-electron chi connectivity index (χ1n) is 4.87. The van der Waals surface area contributed by atoms with Crippen molar-refractivity contribution >= 4 is 21.7 Å². The lowest BCUT2D eigenvalue weighted by atomic mass is 10.0. The third kappa shape index (κ3) is 3.80. The molecule has 0 saturated carbocycles. The van der Waals surface area contributed by atoms with Crippen molar-refractivity contribution in [2.24, 2.45) is 0 Å². The van der Waals surface area contributed by atoms with E-state index in [0.29, 0.717) is 13.2 Å². The van der Waals surface area contributed by atoms with E-state index in [9.17, 15) is 4.79 Å². The predicted molar refractivity (Wildman–Crippen MR) is 61.8 cm³/mol. The Labute approximate surface area is 98.3 Å². The van der Waals surface area contributed by atoms with E-state index in [2.05, 4.69) is 15.9 Å². The third-order valence-electron chi connectivity index (χ3n) is 2.18. The minimum Gasteiger partial charge on any atom is -0.490 e. The van der Waals surface area contributed by atoms with Crippen molar-refractivity contribution in [3.8, 4) is 0 Å². The second kappa shape index (κ2) is 6.08. The lowest BCUT2D eigenvalue weighted by Crippen LogP contribution is -2.07. The molecule has 4 heteroatoms.